The lowest BCUT2D eigenvalue weighted by atomic mass is 10.0. The molecule has 1 heteroatoms. The van der Waals surface area contributed by atoms with E-state index in [1.807, 2.05) is 13.0 Å². The molecule has 0 N–H and O–H groups in total. The Balaban J connectivity index is 3.68. The molecule has 0 saturated heterocycles. The van der Waals surface area contributed by atoms with Gasteiger partial charge in [0.25, 0.3) is 0 Å². The second kappa shape index (κ2) is 11.2. The maximum atomic E-state index is 3.85. The molecule has 0 amide bonds. The SMILES string of the molecule is C=C/C(=C\C=C(/C)Br)CCCCCCCC. The number of halogens is 1. The Morgan fingerprint density at radius 1 is 1.06 bits per heavy atom. The summed E-state index contributed by atoms with van der Waals surface area (Å²) in [4.78, 5) is 0. The molecule has 0 aliphatic rings. The van der Waals surface area contributed by atoms with Gasteiger partial charge in [-0.2, -0.15) is 0 Å². The summed E-state index contributed by atoms with van der Waals surface area (Å²) in [6.07, 6.45) is 15.5. The number of allylic oxidation sites excluding steroid dienone is 5. The zero-order valence-electron chi connectivity index (χ0n) is 10.8. The third-order valence-electron chi connectivity index (χ3n) is 2.61. The molecule has 16 heavy (non-hydrogen) atoms. The number of hydrogen-bond acceptors (Lipinski definition) is 0. The summed E-state index contributed by atoms with van der Waals surface area (Å²) >= 11 is 3.42. The molecule has 92 valence electrons. The first kappa shape index (κ1) is 15.7. The Morgan fingerprint density at radius 2 is 1.69 bits per heavy atom. The van der Waals surface area contributed by atoms with Gasteiger partial charge in [-0.3, -0.25) is 0 Å². The van der Waals surface area contributed by atoms with E-state index >= 15 is 0 Å². The van der Waals surface area contributed by atoms with E-state index in [2.05, 4.69) is 41.6 Å². The lowest BCUT2D eigenvalue weighted by Gasteiger charge is -2.02. The molecule has 0 aromatic rings. The fourth-order valence-electron chi connectivity index (χ4n) is 1.58. The highest BCUT2D eigenvalue weighted by Crippen LogP contribution is 2.13. The van der Waals surface area contributed by atoms with Crippen molar-refractivity contribution in [1.82, 2.24) is 0 Å². The Kier molecular flexibility index (Phi) is 11.0. The topological polar surface area (TPSA) is 0 Å². The molecule has 0 spiro atoms. The van der Waals surface area contributed by atoms with Gasteiger partial charge in [0.1, 0.15) is 0 Å². The van der Waals surface area contributed by atoms with E-state index in [9.17, 15) is 0 Å². The van der Waals surface area contributed by atoms with Crippen LogP contribution in [-0.4, -0.2) is 0 Å². The van der Waals surface area contributed by atoms with Gasteiger partial charge in [0.15, 0.2) is 0 Å². The summed E-state index contributed by atoms with van der Waals surface area (Å²) in [5.41, 5.74) is 1.34. The second-order valence-electron chi connectivity index (χ2n) is 4.22. The van der Waals surface area contributed by atoms with E-state index in [4.69, 9.17) is 0 Å². The predicted molar refractivity (Wildman–Crippen MR) is 79.0 cm³/mol. The van der Waals surface area contributed by atoms with Crippen molar-refractivity contribution in [3.8, 4) is 0 Å². The highest BCUT2D eigenvalue weighted by Gasteiger charge is 1.93. The Bertz CT molecular complexity index is 232. The van der Waals surface area contributed by atoms with Crippen LogP contribution in [0.4, 0.5) is 0 Å². The molecule has 0 aliphatic carbocycles. The van der Waals surface area contributed by atoms with Crippen LogP contribution in [0.3, 0.4) is 0 Å². The highest BCUT2D eigenvalue weighted by atomic mass is 79.9. The summed E-state index contributed by atoms with van der Waals surface area (Å²) in [5.74, 6) is 0. The van der Waals surface area contributed by atoms with Crippen LogP contribution in [0.15, 0.2) is 34.9 Å². The van der Waals surface area contributed by atoms with Crippen molar-refractivity contribution in [3.05, 3.63) is 34.9 Å². The van der Waals surface area contributed by atoms with E-state index in [-0.39, 0.29) is 0 Å². The van der Waals surface area contributed by atoms with Crippen molar-refractivity contribution in [2.45, 2.75) is 58.8 Å². The quantitative estimate of drug-likeness (QED) is 0.352. The highest BCUT2D eigenvalue weighted by molar-refractivity contribution is 9.11. The first-order chi connectivity index (χ1) is 7.70. The predicted octanol–water partition coefficient (Wildman–Crippen LogP) is 6.15. The molecular weight excluding hydrogens is 260 g/mol. The van der Waals surface area contributed by atoms with Crippen LogP contribution in [0.2, 0.25) is 0 Å². The lowest BCUT2D eigenvalue weighted by Crippen LogP contribution is -1.82. The van der Waals surface area contributed by atoms with Gasteiger partial charge < -0.3 is 0 Å². The monoisotopic (exact) mass is 284 g/mol. The van der Waals surface area contributed by atoms with Gasteiger partial charge in [0.05, 0.1) is 0 Å². The minimum absolute atomic E-state index is 1.16. The fraction of sp³-hybridized carbons (Fsp3) is 0.600. The molecule has 0 aromatic carbocycles. The molecule has 0 heterocycles. The maximum Gasteiger partial charge on any atom is -0.00803 e. The molecule has 0 radical (unpaired) electrons. The minimum Gasteiger partial charge on any atom is -0.0988 e. The smallest absolute Gasteiger partial charge is 0.00803 e. The first-order valence-electron chi connectivity index (χ1n) is 6.36. The van der Waals surface area contributed by atoms with Gasteiger partial charge in [-0.25, -0.2) is 0 Å². The van der Waals surface area contributed by atoms with E-state index < -0.39 is 0 Å². The minimum atomic E-state index is 1.16. The molecule has 0 unspecified atom stereocenters. The van der Waals surface area contributed by atoms with Crippen molar-refractivity contribution in [2.75, 3.05) is 0 Å². The molecule has 0 aromatic heterocycles. The van der Waals surface area contributed by atoms with Crippen molar-refractivity contribution < 1.29 is 0 Å². The average molecular weight is 285 g/mol. The third-order valence-corrected chi connectivity index (χ3v) is 2.87. The van der Waals surface area contributed by atoms with Crippen LogP contribution in [-0.2, 0) is 0 Å². The Morgan fingerprint density at radius 3 is 2.25 bits per heavy atom. The normalized spacial score (nSPS) is 12.9. The molecule has 0 rings (SSSR count). The molecule has 0 bridgehead atoms. The Labute approximate surface area is 110 Å². The molecular formula is C15H25Br. The van der Waals surface area contributed by atoms with Gasteiger partial charge in [-0.1, -0.05) is 79.8 Å². The number of rotatable bonds is 9. The van der Waals surface area contributed by atoms with Crippen LogP contribution in [0.5, 0.6) is 0 Å². The summed E-state index contributed by atoms with van der Waals surface area (Å²) in [5, 5.41) is 0. The van der Waals surface area contributed by atoms with Gasteiger partial charge in [-0.15, -0.1) is 0 Å². The zero-order valence-corrected chi connectivity index (χ0v) is 12.4. The molecule has 0 atom stereocenters. The zero-order chi connectivity index (χ0) is 12.2. The van der Waals surface area contributed by atoms with Crippen LogP contribution >= 0.6 is 15.9 Å². The summed E-state index contributed by atoms with van der Waals surface area (Å²) < 4.78 is 1.16. The number of hydrogen-bond donors (Lipinski definition) is 0. The summed E-state index contributed by atoms with van der Waals surface area (Å²) in [6.45, 7) is 8.16. The van der Waals surface area contributed by atoms with Crippen molar-refractivity contribution in [1.29, 1.82) is 0 Å². The van der Waals surface area contributed by atoms with E-state index in [0.29, 0.717) is 0 Å². The van der Waals surface area contributed by atoms with Crippen LogP contribution in [0.1, 0.15) is 58.8 Å². The molecule has 0 nitrogen and oxygen atoms in total. The standard InChI is InChI=1S/C15H25Br/c1-4-6-7-8-9-10-11-15(5-2)13-12-14(3)16/h5,12-13H,2,4,6-11H2,1,3H3/b14-12+,15-13+. The first-order valence-corrected chi connectivity index (χ1v) is 7.15. The van der Waals surface area contributed by atoms with Crippen LogP contribution in [0, 0.1) is 0 Å². The van der Waals surface area contributed by atoms with Crippen molar-refractivity contribution in [2.24, 2.45) is 0 Å². The van der Waals surface area contributed by atoms with Gasteiger partial charge >= 0.3 is 0 Å². The van der Waals surface area contributed by atoms with Gasteiger partial charge in [0, 0.05) is 0 Å². The van der Waals surface area contributed by atoms with E-state index in [0.717, 1.165) is 10.9 Å². The maximum absolute atomic E-state index is 3.85. The lowest BCUT2D eigenvalue weighted by molar-refractivity contribution is 0.608. The summed E-state index contributed by atoms with van der Waals surface area (Å²) in [6, 6.07) is 0. The second-order valence-corrected chi connectivity index (χ2v) is 5.47. The van der Waals surface area contributed by atoms with Gasteiger partial charge in [-0.05, 0) is 29.8 Å². The van der Waals surface area contributed by atoms with Crippen molar-refractivity contribution >= 4 is 15.9 Å². The van der Waals surface area contributed by atoms with E-state index in [1.54, 1.807) is 0 Å². The molecule has 0 aliphatic heterocycles. The van der Waals surface area contributed by atoms with E-state index in [1.165, 1.54) is 44.1 Å². The van der Waals surface area contributed by atoms with Crippen LogP contribution < -0.4 is 0 Å². The van der Waals surface area contributed by atoms with Gasteiger partial charge in [0.2, 0.25) is 0 Å². The Hall–Kier alpha value is -0.300. The fourth-order valence-corrected chi connectivity index (χ4v) is 1.72. The van der Waals surface area contributed by atoms with Crippen LogP contribution in [0.25, 0.3) is 0 Å². The molecule has 0 saturated carbocycles. The average Bonchev–Trinajstić information content (AvgIpc) is 2.27. The summed E-state index contributed by atoms with van der Waals surface area (Å²) in [7, 11) is 0. The number of unbranched alkanes of at least 4 members (excludes halogenated alkanes) is 5. The third kappa shape index (κ3) is 10.2. The molecule has 0 fully saturated rings. The largest absolute Gasteiger partial charge is 0.0988 e. The van der Waals surface area contributed by atoms with Crippen molar-refractivity contribution in [3.63, 3.8) is 0 Å².